The van der Waals surface area contributed by atoms with E-state index in [1.165, 1.54) is 4.68 Å². The SMILES string of the molecule is CCC(C)c1c(O)n(-c2ccccc2)[nH]c1=O. The van der Waals surface area contributed by atoms with Gasteiger partial charge in [0.05, 0.1) is 11.3 Å². The smallest absolute Gasteiger partial charge is 0.271 e. The highest BCUT2D eigenvalue weighted by molar-refractivity contribution is 5.38. The van der Waals surface area contributed by atoms with Crippen molar-refractivity contribution in [2.24, 2.45) is 0 Å². The molecule has 0 saturated carbocycles. The lowest BCUT2D eigenvalue weighted by Gasteiger charge is -2.07. The van der Waals surface area contributed by atoms with E-state index in [9.17, 15) is 9.90 Å². The van der Waals surface area contributed by atoms with E-state index in [1.807, 2.05) is 44.2 Å². The predicted molar refractivity (Wildman–Crippen MR) is 66.8 cm³/mol. The maximum Gasteiger partial charge on any atom is 0.271 e. The zero-order chi connectivity index (χ0) is 12.4. The first kappa shape index (κ1) is 11.5. The van der Waals surface area contributed by atoms with Gasteiger partial charge in [-0.1, -0.05) is 32.0 Å². The van der Waals surface area contributed by atoms with Crippen molar-refractivity contribution in [1.29, 1.82) is 0 Å². The van der Waals surface area contributed by atoms with E-state index in [2.05, 4.69) is 5.10 Å². The molecule has 1 aromatic heterocycles. The fourth-order valence-electron chi connectivity index (χ4n) is 1.85. The summed E-state index contributed by atoms with van der Waals surface area (Å²) in [5.41, 5.74) is 0.980. The fourth-order valence-corrected chi connectivity index (χ4v) is 1.85. The van der Waals surface area contributed by atoms with Crippen LogP contribution in [0.25, 0.3) is 5.69 Å². The average Bonchev–Trinajstić information content (AvgIpc) is 2.65. The molecular weight excluding hydrogens is 216 g/mol. The molecule has 1 aromatic carbocycles. The van der Waals surface area contributed by atoms with Crippen molar-refractivity contribution in [1.82, 2.24) is 9.78 Å². The molecule has 0 radical (unpaired) electrons. The molecule has 2 rings (SSSR count). The van der Waals surface area contributed by atoms with Gasteiger partial charge in [-0.2, -0.15) is 0 Å². The fraction of sp³-hybridized carbons (Fsp3) is 0.308. The Bertz CT molecular complexity index is 555. The summed E-state index contributed by atoms with van der Waals surface area (Å²) < 4.78 is 1.42. The van der Waals surface area contributed by atoms with Crippen molar-refractivity contribution in [2.45, 2.75) is 26.2 Å². The summed E-state index contributed by atoms with van der Waals surface area (Å²) in [6.45, 7) is 3.92. The minimum Gasteiger partial charge on any atom is -0.493 e. The third kappa shape index (κ3) is 1.98. The van der Waals surface area contributed by atoms with Crippen molar-refractivity contribution in [3.05, 3.63) is 46.2 Å². The van der Waals surface area contributed by atoms with Crippen molar-refractivity contribution >= 4 is 0 Å². The molecule has 0 aliphatic rings. The molecule has 17 heavy (non-hydrogen) atoms. The standard InChI is InChI=1S/C13H16N2O2/c1-3-9(2)11-12(16)14-15(13(11)17)10-7-5-4-6-8-10/h4-9,17H,3H2,1-2H3,(H,14,16). The third-order valence-corrected chi connectivity index (χ3v) is 3.03. The van der Waals surface area contributed by atoms with E-state index in [-0.39, 0.29) is 17.4 Å². The van der Waals surface area contributed by atoms with Gasteiger partial charge in [0, 0.05) is 0 Å². The van der Waals surface area contributed by atoms with Crippen molar-refractivity contribution in [3.63, 3.8) is 0 Å². The molecule has 0 aliphatic heterocycles. The topological polar surface area (TPSA) is 58.0 Å². The minimum absolute atomic E-state index is 0.00977. The van der Waals surface area contributed by atoms with Gasteiger partial charge in [-0.25, -0.2) is 4.68 Å². The van der Waals surface area contributed by atoms with Crippen LogP contribution in [-0.2, 0) is 0 Å². The van der Waals surface area contributed by atoms with Crippen molar-refractivity contribution in [2.75, 3.05) is 0 Å². The number of H-pyrrole nitrogens is 1. The van der Waals surface area contributed by atoms with Gasteiger partial charge in [-0.15, -0.1) is 0 Å². The Labute approximate surface area is 99.5 Å². The summed E-state index contributed by atoms with van der Waals surface area (Å²) in [5.74, 6) is 0.0549. The normalized spacial score (nSPS) is 12.6. The van der Waals surface area contributed by atoms with Gasteiger partial charge in [0.2, 0.25) is 5.88 Å². The van der Waals surface area contributed by atoms with E-state index in [0.717, 1.165) is 12.1 Å². The Morgan fingerprint density at radius 1 is 1.35 bits per heavy atom. The van der Waals surface area contributed by atoms with Gasteiger partial charge in [0.1, 0.15) is 0 Å². The van der Waals surface area contributed by atoms with Gasteiger partial charge in [-0.3, -0.25) is 9.89 Å². The van der Waals surface area contributed by atoms with Crippen LogP contribution in [0.3, 0.4) is 0 Å². The Morgan fingerprint density at radius 2 is 2.00 bits per heavy atom. The molecule has 2 aromatic rings. The molecule has 4 nitrogen and oxygen atoms in total. The molecule has 0 bridgehead atoms. The first-order valence-electron chi connectivity index (χ1n) is 5.74. The Kier molecular flexibility index (Phi) is 3.04. The molecule has 90 valence electrons. The number of aromatic hydroxyl groups is 1. The number of aromatic nitrogens is 2. The van der Waals surface area contributed by atoms with E-state index >= 15 is 0 Å². The number of nitrogens with zero attached hydrogens (tertiary/aromatic N) is 1. The molecule has 2 N–H and O–H groups in total. The van der Waals surface area contributed by atoms with Crippen LogP contribution in [0.5, 0.6) is 5.88 Å². The second kappa shape index (κ2) is 4.49. The quantitative estimate of drug-likeness (QED) is 0.853. The Hall–Kier alpha value is -1.97. The molecular formula is C13H16N2O2. The summed E-state index contributed by atoms with van der Waals surface area (Å²) in [6.07, 6.45) is 0.815. The van der Waals surface area contributed by atoms with E-state index in [0.29, 0.717) is 5.56 Å². The second-order valence-corrected chi connectivity index (χ2v) is 4.16. The summed E-state index contributed by atoms with van der Waals surface area (Å²) >= 11 is 0. The van der Waals surface area contributed by atoms with Gasteiger partial charge < -0.3 is 5.11 Å². The lowest BCUT2D eigenvalue weighted by atomic mass is 10.0. The van der Waals surface area contributed by atoms with Crippen LogP contribution in [0.1, 0.15) is 31.7 Å². The zero-order valence-corrected chi connectivity index (χ0v) is 9.97. The third-order valence-electron chi connectivity index (χ3n) is 3.03. The van der Waals surface area contributed by atoms with E-state index in [1.54, 1.807) is 0 Å². The first-order chi connectivity index (χ1) is 8.15. The molecule has 0 spiro atoms. The number of benzene rings is 1. The van der Waals surface area contributed by atoms with Gasteiger partial charge in [0.25, 0.3) is 5.56 Å². The van der Waals surface area contributed by atoms with Crippen LogP contribution in [0.15, 0.2) is 35.1 Å². The molecule has 1 heterocycles. The largest absolute Gasteiger partial charge is 0.493 e. The highest BCUT2D eigenvalue weighted by Crippen LogP contribution is 2.26. The zero-order valence-electron chi connectivity index (χ0n) is 9.97. The number of hydrogen-bond donors (Lipinski definition) is 2. The molecule has 4 heteroatoms. The summed E-state index contributed by atoms with van der Waals surface area (Å²) in [4.78, 5) is 11.8. The summed E-state index contributed by atoms with van der Waals surface area (Å²) in [7, 11) is 0. The first-order valence-corrected chi connectivity index (χ1v) is 5.74. The number of para-hydroxylation sites is 1. The van der Waals surface area contributed by atoms with Crippen LogP contribution in [-0.4, -0.2) is 14.9 Å². The predicted octanol–water partition coefficient (Wildman–Crippen LogP) is 2.38. The van der Waals surface area contributed by atoms with Crippen LogP contribution in [0, 0.1) is 0 Å². The number of rotatable bonds is 3. The highest BCUT2D eigenvalue weighted by atomic mass is 16.3. The molecule has 1 unspecified atom stereocenters. The molecule has 0 fully saturated rings. The molecule has 1 atom stereocenters. The monoisotopic (exact) mass is 232 g/mol. The molecule has 0 amide bonds. The lowest BCUT2D eigenvalue weighted by molar-refractivity contribution is 0.423. The minimum atomic E-state index is -0.222. The van der Waals surface area contributed by atoms with Gasteiger partial charge in [-0.05, 0) is 24.5 Å². The van der Waals surface area contributed by atoms with E-state index < -0.39 is 0 Å². The Morgan fingerprint density at radius 3 is 2.59 bits per heavy atom. The number of hydrogen-bond acceptors (Lipinski definition) is 2. The Balaban J connectivity index is 2.56. The van der Waals surface area contributed by atoms with E-state index in [4.69, 9.17) is 0 Å². The van der Waals surface area contributed by atoms with Crippen molar-refractivity contribution in [3.8, 4) is 11.6 Å². The number of nitrogens with one attached hydrogen (secondary N) is 1. The van der Waals surface area contributed by atoms with Gasteiger partial charge in [0.15, 0.2) is 0 Å². The average molecular weight is 232 g/mol. The van der Waals surface area contributed by atoms with Crippen LogP contribution >= 0.6 is 0 Å². The van der Waals surface area contributed by atoms with Crippen LogP contribution < -0.4 is 5.56 Å². The van der Waals surface area contributed by atoms with Gasteiger partial charge >= 0.3 is 0 Å². The lowest BCUT2D eigenvalue weighted by Crippen LogP contribution is -2.09. The van der Waals surface area contributed by atoms with Crippen LogP contribution in [0.2, 0.25) is 0 Å². The molecule has 0 aliphatic carbocycles. The number of aromatic amines is 1. The van der Waals surface area contributed by atoms with Crippen LogP contribution in [0.4, 0.5) is 0 Å². The summed E-state index contributed by atoms with van der Waals surface area (Å²) in [5, 5.41) is 12.8. The maximum absolute atomic E-state index is 11.8. The molecule has 0 saturated heterocycles. The highest BCUT2D eigenvalue weighted by Gasteiger charge is 2.19. The summed E-state index contributed by atoms with van der Waals surface area (Å²) in [6, 6.07) is 9.26. The van der Waals surface area contributed by atoms with Crippen molar-refractivity contribution < 1.29 is 5.11 Å². The second-order valence-electron chi connectivity index (χ2n) is 4.16. The maximum atomic E-state index is 11.8.